The topological polar surface area (TPSA) is 106 Å². The van der Waals surface area contributed by atoms with Crippen molar-refractivity contribution in [2.24, 2.45) is 0 Å². The summed E-state index contributed by atoms with van der Waals surface area (Å²) in [4.78, 5) is 0. The van der Waals surface area contributed by atoms with E-state index in [0.29, 0.717) is 0 Å². The Bertz CT molecular complexity index is 91.2. The molecule has 4 N–H and O–H groups in total. The summed E-state index contributed by atoms with van der Waals surface area (Å²) in [5.74, 6) is 0. The van der Waals surface area contributed by atoms with Crippen LogP contribution in [0.25, 0.3) is 0 Å². The summed E-state index contributed by atoms with van der Waals surface area (Å²) in [6, 6.07) is 0. The molecule has 0 bridgehead atoms. The van der Waals surface area contributed by atoms with Gasteiger partial charge >= 0.3 is 29.4 Å². The number of rotatable bonds is 0. The molecular weight excluding hydrogens is 186 g/mol. The fourth-order valence-electron chi connectivity index (χ4n) is 0. The van der Waals surface area contributed by atoms with Gasteiger partial charge in [-0.15, -0.1) is 0 Å². The molecule has 0 aliphatic heterocycles. The molecule has 0 unspecified atom stereocenters. The zero-order valence-corrected chi connectivity index (χ0v) is 4.33. The molecule has 0 rings (SSSR count). The van der Waals surface area contributed by atoms with Crippen molar-refractivity contribution < 1.29 is 21.5 Å². The summed E-state index contributed by atoms with van der Waals surface area (Å²) in [5, 5.41) is 0. The molecule has 0 aliphatic rings. The van der Waals surface area contributed by atoms with Crippen LogP contribution in [0, 0.1) is 0 Å². The zero-order chi connectivity index (χ0) is 4.50. The second-order valence-corrected chi connectivity index (χ2v) is 2.33. The van der Waals surface area contributed by atoms with E-state index in [1.807, 2.05) is 0 Å². The van der Waals surface area contributed by atoms with Gasteiger partial charge < -0.3 is 5.48 Å². The first-order valence-electron chi connectivity index (χ1n) is 0.698. The van der Waals surface area contributed by atoms with Gasteiger partial charge in [-0.2, -0.15) is 0 Å². The van der Waals surface area contributed by atoms with Crippen molar-refractivity contribution >= 4 is 30.7 Å². The minimum Gasteiger partial charge on any atom is 0.187 e. The van der Waals surface area contributed by atoms with E-state index in [1.54, 1.807) is 0 Å². The molecule has 0 atom stereocenters. The van der Waals surface area contributed by atoms with Gasteiger partial charge in [-0.1, -0.05) is 0 Å². The standard InChI is InChI=1S/Al.H2O4Se.H2O.3H/c;1-5(2,3)4;;;;/h;(H2,1,2,3,4);1H2;;;. The molecule has 0 aromatic carbocycles. The molecule has 0 aliphatic carbocycles. The van der Waals surface area contributed by atoms with Crippen LogP contribution < -0.4 is 0 Å². The molecule has 0 saturated heterocycles. The van der Waals surface area contributed by atoms with Gasteiger partial charge in [-0.05, 0) is 0 Å². The minimum absolute atomic E-state index is 0. The molecule has 46 valence electrons. The molecule has 0 aromatic heterocycles. The summed E-state index contributed by atoms with van der Waals surface area (Å²) in [5.41, 5.74) is 0. The predicted molar refractivity (Wildman–Crippen MR) is 25.1 cm³/mol. The predicted octanol–water partition coefficient (Wildman–Crippen LogP) is -3.74. The first-order valence-corrected chi connectivity index (χ1v) is 3.63. The van der Waals surface area contributed by atoms with E-state index in [9.17, 15) is 0 Å². The normalized spacial score (nSPS) is 8.29. The average molecular weight is 193 g/mol. The van der Waals surface area contributed by atoms with Crippen LogP contribution in [-0.4, -0.2) is 44.6 Å². The molecule has 0 saturated carbocycles. The van der Waals surface area contributed by atoms with Gasteiger partial charge in [0.25, 0.3) is 0 Å². The van der Waals surface area contributed by atoms with Crippen LogP contribution >= 0.6 is 0 Å². The largest absolute Gasteiger partial charge is 0.187 e. The first kappa shape index (κ1) is 15.6. The van der Waals surface area contributed by atoms with Crippen molar-refractivity contribution in [3.05, 3.63) is 0 Å². The maximum absolute atomic E-state index is 8.82. The van der Waals surface area contributed by atoms with Gasteiger partial charge in [-0.3, -0.25) is 0 Å². The Balaban J connectivity index is -0.0000000800. The van der Waals surface area contributed by atoms with Gasteiger partial charge in [0.05, 0.1) is 0 Å². The molecule has 0 amide bonds. The van der Waals surface area contributed by atoms with Crippen LogP contribution in [0.1, 0.15) is 0 Å². The quantitative estimate of drug-likeness (QED) is 0.385. The van der Waals surface area contributed by atoms with E-state index in [0.717, 1.165) is 0 Å². The van der Waals surface area contributed by atoms with Crippen LogP contribution in [0.5, 0.6) is 0 Å². The molecule has 0 aromatic rings. The first-order chi connectivity index (χ1) is 2.00. The molecule has 0 spiro atoms. The van der Waals surface area contributed by atoms with Crippen LogP contribution in [0.2, 0.25) is 0 Å². The third kappa shape index (κ3) is 474. The Morgan fingerprint density at radius 3 is 1.14 bits per heavy atom. The van der Waals surface area contributed by atoms with E-state index in [1.165, 1.54) is 0 Å². The van der Waals surface area contributed by atoms with Crippen molar-refractivity contribution in [3.8, 4) is 0 Å². The molecule has 5 nitrogen and oxygen atoms in total. The third-order valence-electron chi connectivity index (χ3n) is 0. The van der Waals surface area contributed by atoms with Gasteiger partial charge in [0.1, 0.15) is 0 Å². The Labute approximate surface area is 52.7 Å². The van der Waals surface area contributed by atoms with E-state index >= 15 is 0 Å². The van der Waals surface area contributed by atoms with Crippen LogP contribution in [0.3, 0.4) is 0 Å². The minimum atomic E-state index is -5.25. The Morgan fingerprint density at radius 2 is 1.14 bits per heavy atom. The molecule has 0 heterocycles. The fraction of sp³-hybridized carbons (Fsp3) is 0. The van der Waals surface area contributed by atoms with E-state index in [2.05, 4.69) is 0 Å². The van der Waals surface area contributed by atoms with Gasteiger partial charge in [0.2, 0.25) is 0 Å². The molecule has 7 heteroatoms. The smallest absolute Gasteiger partial charge is 0.187 e. The maximum atomic E-state index is 8.82. The SMILES string of the molecule is O.O=[Se](=O)(O)O.[AlH3]. The van der Waals surface area contributed by atoms with E-state index in [-0.39, 0.29) is 22.8 Å². The summed E-state index contributed by atoms with van der Waals surface area (Å²) in [7, 11) is 0. The van der Waals surface area contributed by atoms with Gasteiger partial charge in [0.15, 0.2) is 17.4 Å². The maximum Gasteiger partial charge on any atom is 0.187 e. The molecular formula is H7AlO5Se. The van der Waals surface area contributed by atoms with Crippen molar-refractivity contribution in [2.45, 2.75) is 0 Å². The molecule has 7 heavy (non-hydrogen) atoms. The van der Waals surface area contributed by atoms with Crippen LogP contribution in [-0.2, 0) is 7.67 Å². The second-order valence-electron chi connectivity index (χ2n) is 0.448. The van der Waals surface area contributed by atoms with E-state index in [4.69, 9.17) is 16.0 Å². The van der Waals surface area contributed by atoms with Crippen LogP contribution in [0.4, 0.5) is 0 Å². The van der Waals surface area contributed by atoms with E-state index < -0.39 is 13.4 Å². The van der Waals surface area contributed by atoms with Crippen molar-refractivity contribution in [2.75, 3.05) is 0 Å². The zero-order valence-electron chi connectivity index (χ0n) is 2.62. The summed E-state index contributed by atoms with van der Waals surface area (Å²) >= 11 is -5.25. The van der Waals surface area contributed by atoms with Gasteiger partial charge in [0, 0.05) is 0 Å². The Morgan fingerprint density at radius 1 is 1.14 bits per heavy atom. The summed E-state index contributed by atoms with van der Waals surface area (Å²) in [6.07, 6.45) is 0. The van der Waals surface area contributed by atoms with Crippen molar-refractivity contribution in [1.29, 1.82) is 0 Å². The summed E-state index contributed by atoms with van der Waals surface area (Å²) in [6.45, 7) is 0. The van der Waals surface area contributed by atoms with Gasteiger partial charge in [-0.25, -0.2) is 0 Å². The number of hydrogen-bond donors (Lipinski definition) is 2. The monoisotopic (exact) mass is 194 g/mol. The second kappa shape index (κ2) is 4.69. The van der Waals surface area contributed by atoms with Crippen LogP contribution in [0.15, 0.2) is 0 Å². The fourth-order valence-corrected chi connectivity index (χ4v) is 0. The Hall–Kier alpha value is 0.532. The van der Waals surface area contributed by atoms with Crippen molar-refractivity contribution in [3.63, 3.8) is 0 Å². The van der Waals surface area contributed by atoms with Crippen molar-refractivity contribution in [1.82, 2.24) is 0 Å². The average Bonchev–Trinajstić information content (AvgIpc) is 0.722. The summed E-state index contributed by atoms with van der Waals surface area (Å²) < 4.78 is 31.9. The third-order valence-corrected chi connectivity index (χ3v) is 0. The Kier molecular flexibility index (Phi) is 10.5. The molecule has 0 radical (unpaired) electrons. The number of hydrogen-bond acceptors (Lipinski definition) is 2. The molecule has 0 fully saturated rings.